The number of amides is 1. The van der Waals surface area contributed by atoms with Crippen molar-refractivity contribution in [1.29, 1.82) is 0 Å². The van der Waals surface area contributed by atoms with Crippen LogP contribution in [-0.4, -0.2) is 140 Å². The van der Waals surface area contributed by atoms with Crippen LogP contribution < -0.4 is 5.32 Å². The van der Waals surface area contributed by atoms with Crippen molar-refractivity contribution in [2.45, 2.75) is 408 Å². The number of hydrogen-bond acceptors (Lipinski definition) is 13. The number of aliphatic hydroxyl groups is 8. The Morgan fingerprint density at radius 3 is 1.12 bits per heavy atom. The Balaban J connectivity index is 1.62. The lowest BCUT2D eigenvalue weighted by molar-refractivity contribution is -0.359. The molecule has 1 amide bonds. The molecule has 2 fully saturated rings. The first kappa shape index (κ1) is 91.0. The smallest absolute Gasteiger partial charge is 0.220 e. The van der Waals surface area contributed by atoms with E-state index in [2.05, 4.69) is 104 Å². The average molecular weight is 1380 g/mol. The summed E-state index contributed by atoms with van der Waals surface area (Å²) in [5.41, 5.74) is 0. The van der Waals surface area contributed by atoms with Crippen molar-refractivity contribution >= 4 is 5.91 Å². The van der Waals surface area contributed by atoms with Gasteiger partial charge in [-0.05, 0) is 89.9 Å². The van der Waals surface area contributed by atoms with E-state index >= 15 is 0 Å². The maximum absolute atomic E-state index is 13.4. The largest absolute Gasteiger partial charge is 0.394 e. The van der Waals surface area contributed by atoms with Gasteiger partial charge in [-0.3, -0.25) is 4.79 Å². The molecule has 2 rings (SSSR count). The van der Waals surface area contributed by atoms with Gasteiger partial charge in [0.2, 0.25) is 5.91 Å². The van der Waals surface area contributed by atoms with Crippen LogP contribution in [0.5, 0.6) is 0 Å². The zero-order valence-corrected chi connectivity index (χ0v) is 62.3. The highest BCUT2D eigenvalue weighted by Gasteiger charge is 2.51. The van der Waals surface area contributed by atoms with Crippen LogP contribution in [0.15, 0.2) is 97.2 Å². The molecule has 9 N–H and O–H groups in total. The predicted octanol–water partition coefficient (Wildman–Crippen LogP) is 18.5. The highest BCUT2D eigenvalue weighted by molar-refractivity contribution is 5.76. The maximum Gasteiger partial charge on any atom is 0.220 e. The Bertz CT molecular complexity index is 2020. The van der Waals surface area contributed by atoms with E-state index in [0.717, 1.165) is 77.0 Å². The lowest BCUT2D eigenvalue weighted by Gasteiger charge is -2.46. The summed E-state index contributed by atoms with van der Waals surface area (Å²) >= 11 is 0. The van der Waals surface area contributed by atoms with E-state index in [1.165, 1.54) is 225 Å². The highest BCUT2D eigenvalue weighted by atomic mass is 16.7. The summed E-state index contributed by atoms with van der Waals surface area (Å²) < 4.78 is 22.9. The molecule has 0 aromatic heterocycles. The minimum absolute atomic E-state index is 0.250. The van der Waals surface area contributed by atoms with E-state index in [1.54, 1.807) is 6.08 Å². The molecule has 568 valence electrons. The van der Waals surface area contributed by atoms with E-state index in [9.17, 15) is 45.6 Å². The number of hydrogen-bond donors (Lipinski definition) is 9. The normalized spacial score (nSPS) is 22.6. The van der Waals surface area contributed by atoms with Gasteiger partial charge in [-0.15, -0.1) is 0 Å². The number of ether oxygens (including phenoxy) is 4. The fraction of sp³-hybridized carbons (Fsp3) is 0.798. The molecule has 2 aliphatic heterocycles. The summed E-state index contributed by atoms with van der Waals surface area (Å²) in [7, 11) is 0. The highest BCUT2D eigenvalue weighted by Crippen LogP contribution is 2.30. The van der Waals surface area contributed by atoms with Gasteiger partial charge in [-0.1, -0.05) is 336 Å². The number of rotatable bonds is 67. The third-order valence-corrected chi connectivity index (χ3v) is 19.2. The van der Waals surface area contributed by atoms with Gasteiger partial charge in [-0.25, -0.2) is 0 Å². The molecular weight excluding hydrogens is 1230 g/mol. The quantitative estimate of drug-likeness (QED) is 0.0204. The molecule has 2 saturated heterocycles. The van der Waals surface area contributed by atoms with Crippen LogP contribution in [0.25, 0.3) is 0 Å². The van der Waals surface area contributed by atoms with Gasteiger partial charge in [-0.2, -0.15) is 0 Å². The van der Waals surface area contributed by atoms with Crippen LogP contribution in [0.2, 0.25) is 0 Å². The van der Waals surface area contributed by atoms with E-state index in [1.807, 2.05) is 6.08 Å². The Hall–Kier alpha value is -3.09. The minimum Gasteiger partial charge on any atom is -0.394 e. The van der Waals surface area contributed by atoms with Crippen molar-refractivity contribution in [3.05, 3.63) is 97.2 Å². The molecule has 0 saturated carbocycles. The lowest BCUT2D eigenvalue weighted by atomic mass is 9.97. The fourth-order valence-electron chi connectivity index (χ4n) is 12.9. The molecule has 0 aromatic carbocycles. The topological polar surface area (TPSA) is 228 Å². The number of nitrogens with one attached hydrogen (secondary N) is 1. The third-order valence-electron chi connectivity index (χ3n) is 19.2. The van der Waals surface area contributed by atoms with Crippen molar-refractivity contribution in [2.75, 3.05) is 19.8 Å². The van der Waals surface area contributed by atoms with Crippen molar-refractivity contribution in [2.24, 2.45) is 0 Å². The molecule has 2 heterocycles. The van der Waals surface area contributed by atoms with Gasteiger partial charge in [0, 0.05) is 6.42 Å². The summed E-state index contributed by atoms with van der Waals surface area (Å²) in [5.74, 6) is -0.250. The first-order chi connectivity index (χ1) is 48.1. The van der Waals surface area contributed by atoms with E-state index in [0.29, 0.717) is 12.8 Å². The summed E-state index contributed by atoms with van der Waals surface area (Å²) in [6, 6.07) is -0.943. The molecule has 12 unspecified atom stereocenters. The summed E-state index contributed by atoms with van der Waals surface area (Å²) in [4.78, 5) is 13.4. The zero-order chi connectivity index (χ0) is 70.8. The van der Waals surface area contributed by atoms with E-state index < -0.39 is 86.8 Å². The van der Waals surface area contributed by atoms with Crippen LogP contribution in [-0.2, 0) is 23.7 Å². The number of carbonyl (C=O) groups excluding carboxylic acids is 1. The first-order valence-electron chi connectivity index (χ1n) is 40.5. The molecule has 2 aliphatic rings. The van der Waals surface area contributed by atoms with Crippen LogP contribution in [0.4, 0.5) is 0 Å². The van der Waals surface area contributed by atoms with E-state index in [4.69, 9.17) is 18.9 Å². The minimum atomic E-state index is -1.80. The van der Waals surface area contributed by atoms with Crippen molar-refractivity contribution in [1.82, 2.24) is 5.32 Å². The van der Waals surface area contributed by atoms with Gasteiger partial charge in [0.05, 0.1) is 32.0 Å². The van der Waals surface area contributed by atoms with Crippen LogP contribution in [0.3, 0.4) is 0 Å². The predicted molar refractivity (Wildman–Crippen MR) is 406 cm³/mol. The second kappa shape index (κ2) is 67.1. The third kappa shape index (κ3) is 49.5. The zero-order valence-electron chi connectivity index (χ0n) is 62.3. The Kier molecular flexibility index (Phi) is 62.3. The van der Waals surface area contributed by atoms with Gasteiger partial charge in [0.15, 0.2) is 12.6 Å². The summed E-state index contributed by atoms with van der Waals surface area (Å²) in [5, 5.41) is 87.6. The van der Waals surface area contributed by atoms with Crippen molar-refractivity contribution in [3.8, 4) is 0 Å². The van der Waals surface area contributed by atoms with Gasteiger partial charge in [0.25, 0.3) is 0 Å². The average Bonchev–Trinajstić information content (AvgIpc) is 0.793. The molecule has 0 aliphatic carbocycles. The molecule has 14 nitrogen and oxygen atoms in total. The molecule has 12 atom stereocenters. The van der Waals surface area contributed by atoms with Crippen molar-refractivity contribution in [3.63, 3.8) is 0 Å². The Morgan fingerprint density at radius 2 is 0.714 bits per heavy atom. The number of carbonyl (C=O) groups is 1. The number of unbranched alkanes of at least 4 members (excludes halogenated alkanes) is 40. The first-order valence-corrected chi connectivity index (χ1v) is 40.5. The lowest BCUT2D eigenvalue weighted by Crippen LogP contribution is -2.65. The maximum atomic E-state index is 13.4. The monoisotopic (exact) mass is 1380 g/mol. The second-order valence-corrected chi connectivity index (χ2v) is 28.1. The number of allylic oxidation sites excluding steroid dienone is 15. The molecule has 14 heteroatoms. The number of aliphatic hydroxyl groups excluding tert-OH is 8. The molecule has 0 radical (unpaired) electrons. The SMILES string of the molecule is CC/C=C\C/C=C\C/C=C\C/C=C\C/C=C\CCCCCCCCCCCCCCCCCCCCCCCC(=O)NC(COC1OC(CO)C(OC2OC(CO)C(O)C(O)C2O)C(O)C1O)C(O)/C=C/CC/C=C/CC/C=C/CCCCCCCCCCCCCCCCCCC. The van der Waals surface area contributed by atoms with Crippen LogP contribution >= 0.6 is 0 Å². The fourth-order valence-corrected chi connectivity index (χ4v) is 12.9. The van der Waals surface area contributed by atoms with Gasteiger partial charge >= 0.3 is 0 Å². The van der Waals surface area contributed by atoms with Crippen molar-refractivity contribution < 1.29 is 64.6 Å². The molecule has 0 spiro atoms. The standard InChI is InChI=1S/C84H149NO13/c1-3-5-7-9-11-13-15-17-19-21-23-25-27-29-31-32-33-34-35-36-37-38-39-40-42-44-46-48-50-52-54-56-58-60-62-64-66-68-76(89)85-72(71-95-83-81(94)79(92)82(75(70-87)97-83)98-84-80(93)78(91)77(90)74(69-86)96-84)73(88)67-65-63-61-59-57-55-53-51-49-47-45-43-41-30-28-26-24-22-20-18-16-14-12-10-8-6-4-2/h5,7,11,13,17,19,23,25,29,31,49,51,57,59,65,67,72-75,77-84,86-88,90-94H,3-4,6,8-10,12,14-16,18,20-22,24,26-28,30,32-48,50,52-56,58,60-64,66,68-71H2,1-2H3,(H,85,89)/b7-5-,13-11-,19-17-,25-23-,31-29-,51-49+,59-57+,67-65+. The van der Waals surface area contributed by atoms with Crippen LogP contribution in [0.1, 0.15) is 335 Å². The van der Waals surface area contributed by atoms with E-state index in [-0.39, 0.29) is 18.9 Å². The van der Waals surface area contributed by atoms with Gasteiger partial charge in [0.1, 0.15) is 48.8 Å². The Morgan fingerprint density at radius 1 is 0.378 bits per heavy atom. The second-order valence-electron chi connectivity index (χ2n) is 28.1. The Labute approximate surface area is 598 Å². The molecule has 0 aromatic rings. The molecule has 98 heavy (non-hydrogen) atoms. The van der Waals surface area contributed by atoms with Gasteiger partial charge < -0.3 is 65.1 Å². The summed E-state index contributed by atoms with van der Waals surface area (Å²) in [6.07, 6.45) is 79.2. The molecular formula is C84H149NO13. The summed E-state index contributed by atoms with van der Waals surface area (Å²) in [6.45, 7) is 2.70. The van der Waals surface area contributed by atoms with Crippen LogP contribution in [0, 0.1) is 0 Å². The molecule has 0 bridgehead atoms.